The average Bonchev–Trinajstić information content (AvgIpc) is 2.91. The Kier molecular flexibility index (Phi) is 5.36. The van der Waals surface area contributed by atoms with Gasteiger partial charge in [0.15, 0.2) is 0 Å². The number of methoxy groups -OCH3 is 1. The van der Waals surface area contributed by atoms with Crippen LogP contribution in [0.4, 0.5) is 0 Å². The molecule has 1 aromatic carbocycles. The molecular formula is C19H21ClN4O. The summed E-state index contributed by atoms with van der Waals surface area (Å²) in [7, 11) is 1.62. The summed E-state index contributed by atoms with van der Waals surface area (Å²) in [5.41, 5.74) is 5.47. The largest absolute Gasteiger partial charge is 0.481 e. The van der Waals surface area contributed by atoms with Crippen molar-refractivity contribution in [3.05, 3.63) is 70.1 Å². The fourth-order valence-electron chi connectivity index (χ4n) is 2.73. The first-order valence-electron chi connectivity index (χ1n) is 8.09. The minimum atomic E-state index is 0.625. The van der Waals surface area contributed by atoms with E-state index in [0.29, 0.717) is 5.88 Å². The Morgan fingerprint density at radius 3 is 2.48 bits per heavy atom. The van der Waals surface area contributed by atoms with E-state index < -0.39 is 0 Å². The summed E-state index contributed by atoms with van der Waals surface area (Å²) >= 11 is 5.97. The van der Waals surface area contributed by atoms with Crippen LogP contribution < -0.4 is 10.1 Å². The highest BCUT2D eigenvalue weighted by Crippen LogP contribution is 2.19. The molecule has 2 heterocycles. The molecule has 0 bridgehead atoms. The minimum absolute atomic E-state index is 0.625. The highest BCUT2D eigenvalue weighted by molar-refractivity contribution is 6.30. The van der Waals surface area contributed by atoms with Crippen molar-refractivity contribution in [3.8, 4) is 11.6 Å². The van der Waals surface area contributed by atoms with Crippen LogP contribution in [0.15, 0.2) is 42.6 Å². The van der Waals surface area contributed by atoms with E-state index in [0.717, 1.165) is 40.8 Å². The monoisotopic (exact) mass is 356 g/mol. The van der Waals surface area contributed by atoms with E-state index in [1.807, 2.05) is 54.2 Å². The van der Waals surface area contributed by atoms with Gasteiger partial charge in [-0.15, -0.1) is 0 Å². The minimum Gasteiger partial charge on any atom is -0.481 e. The Morgan fingerprint density at radius 2 is 1.84 bits per heavy atom. The summed E-state index contributed by atoms with van der Waals surface area (Å²) in [6, 6.07) is 11.6. The van der Waals surface area contributed by atoms with E-state index in [1.54, 1.807) is 7.11 Å². The Balaban J connectivity index is 1.69. The van der Waals surface area contributed by atoms with Gasteiger partial charge in [-0.1, -0.05) is 17.7 Å². The zero-order chi connectivity index (χ0) is 17.8. The van der Waals surface area contributed by atoms with E-state index in [-0.39, 0.29) is 0 Å². The molecule has 0 spiro atoms. The molecule has 1 N–H and O–H groups in total. The maximum absolute atomic E-state index is 5.97. The number of nitrogens with one attached hydrogen (secondary N) is 1. The first-order chi connectivity index (χ1) is 12.1. The van der Waals surface area contributed by atoms with E-state index in [1.165, 1.54) is 5.56 Å². The Hall–Kier alpha value is -2.37. The lowest BCUT2D eigenvalue weighted by molar-refractivity contribution is 0.397. The van der Waals surface area contributed by atoms with Crippen LogP contribution in [0, 0.1) is 13.8 Å². The van der Waals surface area contributed by atoms with E-state index >= 15 is 0 Å². The van der Waals surface area contributed by atoms with Gasteiger partial charge in [0.1, 0.15) is 0 Å². The Morgan fingerprint density at radius 1 is 1.08 bits per heavy atom. The van der Waals surface area contributed by atoms with Crippen molar-refractivity contribution in [2.45, 2.75) is 26.9 Å². The van der Waals surface area contributed by atoms with Gasteiger partial charge in [0.25, 0.3) is 0 Å². The molecule has 0 aliphatic carbocycles. The van der Waals surface area contributed by atoms with Gasteiger partial charge in [-0.3, -0.25) is 0 Å². The topological polar surface area (TPSA) is 52.0 Å². The average molecular weight is 357 g/mol. The number of benzene rings is 1. The number of rotatable bonds is 6. The van der Waals surface area contributed by atoms with Crippen molar-refractivity contribution in [2.24, 2.45) is 0 Å². The van der Waals surface area contributed by atoms with Crippen LogP contribution >= 0.6 is 11.6 Å². The lowest BCUT2D eigenvalue weighted by Gasteiger charge is -2.07. The molecule has 5 nitrogen and oxygen atoms in total. The molecule has 0 unspecified atom stereocenters. The predicted octanol–water partition coefficient (Wildman–Crippen LogP) is 3.84. The van der Waals surface area contributed by atoms with Gasteiger partial charge in [0.2, 0.25) is 5.88 Å². The molecule has 0 amide bonds. The smallest absolute Gasteiger partial charge is 0.212 e. The Labute approximate surface area is 152 Å². The summed E-state index contributed by atoms with van der Waals surface area (Å²) in [5, 5.41) is 8.84. The van der Waals surface area contributed by atoms with E-state index in [4.69, 9.17) is 16.3 Å². The van der Waals surface area contributed by atoms with Gasteiger partial charge in [-0.25, -0.2) is 9.67 Å². The standard InChI is InChI=1S/C19H21ClN4O/c1-13-18(12-21-10-15-4-9-19(25-3)22-11-15)14(2)24(23-13)17-7-5-16(20)6-8-17/h4-9,11,21H,10,12H2,1-3H3. The maximum Gasteiger partial charge on any atom is 0.212 e. The van der Waals surface area contributed by atoms with Gasteiger partial charge < -0.3 is 10.1 Å². The van der Waals surface area contributed by atoms with Gasteiger partial charge in [-0.2, -0.15) is 5.10 Å². The summed E-state index contributed by atoms with van der Waals surface area (Å²) < 4.78 is 7.03. The first kappa shape index (κ1) is 17.5. The molecule has 25 heavy (non-hydrogen) atoms. The van der Waals surface area contributed by atoms with Crippen LogP contribution in [0.25, 0.3) is 5.69 Å². The zero-order valence-corrected chi connectivity index (χ0v) is 15.3. The fourth-order valence-corrected chi connectivity index (χ4v) is 2.86. The van der Waals surface area contributed by atoms with Crippen molar-refractivity contribution >= 4 is 11.6 Å². The molecule has 0 fully saturated rings. The summed E-state index contributed by atoms with van der Waals surface area (Å²) in [4.78, 5) is 4.22. The number of ether oxygens (including phenoxy) is 1. The number of hydrogen-bond acceptors (Lipinski definition) is 4. The molecule has 0 aliphatic rings. The van der Waals surface area contributed by atoms with E-state index in [9.17, 15) is 0 Å². The van der Waals surface area contributed by atoms with Crippen molar-refractivity contribution in [2.75, 3.05) is 7.11 Å². The number of pyridine rings is 1. The maximum atomic E-state index is 5.97. The number of halogens is 1. The molecule has 3 rings (SSSR count). The van der Waals surface area contributed by atoms with Gasteiger partial charge in [0, 0.05) is 41.6 Å². The highest BCUT2D eigenvalue weighted by atomic mass is 35.5. The SMILES string of the molecule is COc1ccc(CNCc2c(C)nn(-c3ccc(Cl)cc3)c2C)cn1. The van der Waals surface area contributed by atoms with Crippen LogP contribution in [0.3, 0.4) is 0 Å². The lowest BCUT2D eigenvalue weighted by atomic mass is 10.2. The number of nitrogens with zero attached hydrogens (tertiary/aromatic N) is 3. The van der Waals surface area contributed by atoms with Crippen LogP contribution in [-0.4, -0.2) is 21.9 Å². The summed E-state index contributed by atoms with van der Waals surface area (Å²) in [5.74, 6) is 0.625. The molecule has 0 saturated carbocycles. The third kappa shape index (κ3) is 4.00. The van der Waals surface area contributed by atoms with E-state index in [2.05, 4.69) is 22.3 Å². The van der Waals surface area contributed by atoms with Crippen molar-refractivity contribution < 1.29 is 4.74 Å². The molecule has 0 atom stereocenters. The second-order valence-electron chi connectivity index (χ2n) is 5.85. The fraction of sp³-hybridized carbons (Fsp3) is 0.263. The molecule has 3 aromatic rings. The molecule has 6 heteroatoms. The molecule has 2 aromatic heterocycles. The van der Waals surface area contributed by atoms with Crippen LogP contribution in [0.2, 0.25) is 5.02 Å². The van der Waals surface area contributed by atoms with Crippen molar-refractivity contribution in [1.82, 2.24) is 20.1 Å². The van der Waals surface area contributed by atoms with Crippen LogP contribution in [-0.2, 0) is 13.1 Å². The van der Waals surface area contributed by atoms with Crippen LogP contribution in [0.5, 0.6) is 5.88 Å². The van der Waals surface area contributed by atoms with Crippen molar-refractivity contribution in [3.63, 3.8) is 0 Å². The van der Waals surface area contributed by atoms with Gasteiger partial charge in [0.05, 0.1) is 18.5 Å². The van der Waals surface area contributed by atoms with Gasteiger partial charge in [-0.05, 0) is 43.7 Å². The quantitative estimate of drug-likeness (QED) is 0.729. The summed E-state index contributed by atoms with van der Waals surface area (Å²) in [6.07, 6.45) is 1.82. The number of aromatic nitrogens is 3. The molecule has 130 valence electrons. The second-order valence-corrected chi connectivity index (χ2v) is 6.29. The van der Waals surface area contributed by atoms with Gasteiger partial charge >= 0.3 is 0 Å². The lowest BCUT2D eigenvalue weighted by Crippen LogP contribution is -2.14. The number of hydrogen-bond donors (Lipinski definition) is 1. The number of aryl methyl sites for hydroxylation is 1. The Bertz CT molecular complexity index is 841. The van der Waals surface area contributed by atoms with Crippen LogP contribution in [0.1, 0.15) is 22.5 Å². The first-order valence-corrected chi connectivity index (χ1v) is 8.47. The molecule has 0 aliphatic heterocycles. The summed E-state index contributed by atoms with van der Waals surface area (Å²) in [6.45, 7) is 5.60. The molecule has 0 radical (unpaired) electrons. The third-order valence-corrected chi connectivity index (χ3v) is 4.40. The molecular weight excluding hydrogens is 336 g/mol. The second kappa shape index (κ2) is 7.68. The van der Waals surface area contributed by atoms with Crippen molar-refractivity contribution in [1.29, 1.82) is 0 Å². The normalized spacial score (nSPS) is 10.9. The predicted molar refractivity (Wildman–Crippen MR) is 99.4 cm³/mol. The third-order valence-electron chi connectivity index (χ3n) is 4.15. The zero-order valence-electron chi connectivity index (χ0n) is 14.6. The highest BCUT2D eigenvalue weighted by Gasteiger charge is 2.12. The molecule has 0 saturated heterocycles.